The summed E-state index contributed by atoms with van der Waals surface area (Å²) in [5, 5.41) is 11.5. The van der Waals surface area contributed by atoms with E-state index in [1.807, 2.05) is 23.6 Å². The van der Waals surface area contributed by atoms with Crippen LogP contribution in [-0.2, 0) is 4.79 Å². The highest BCUT2D eigenvalue weighted by Gasteiger charge is 2.16. The number of hydrogen-bond donors (Lipinski definition) is 2. The van der Waals surface area contributed by atoms with E-state index in [0.29, 0.717) is 18.9 Å². The molecule has 18 heavy (non-hydrogen) atoms. The number of aliphatic carboxylic acids is 1. The van der Waals surface area contributed by atoms with Crippen molar-refractivity contribution in [3.8, 4) is 0 Å². The number of thioether (sulfide) groups is 1. The lowest BCUT2D eigenvalue weighted by Crippen LogP contribution is -2.44. The second-order valence-corrected chi connectivity index (χ2v) is 5.88. The first-order chi connectivity index (χ1) is 8.59. The van der Waals surface area contributed by atoms with Gasteiger partial charge in [0.15, 0.2) is 0 Å². The molecule has 0 bridgehead atoms. The quantitative estimate of drug-likeness (QED) is 0.772. The topological polar surface area (TPSA) is 69.6 Å². The van der Waals surface area contributed by atoms with Crippen LogP contribution < -0.4 is 5.32 Å². The summed E-state index contributed by atoms with van der Waals surface area (Å²) in [6.45, 7) is 4.30. The zero-order valence-corrected chi connectivity index (χ0v) is 11.7. The maximum atomic E-state index is 11.8. The standard InChI is InChI=1S/C12H22N2O3S/c1-10(2-3-11(15)16)4-5-13-12(17)14-6-8-18-9-7-14/h10H,2-9H2,1H3,(H,13,17)(H,15,16). The van der Waals surface area contributed by atoms with E-state index in [1.54, 1.807) is 0 Å². The highest BCUT2D eigenvalue weighted by molar-refractivity contribution is 7.99. The van der Waals surface area contributed by atoms with Crippen molar-refractivity contribution in [3.63, 3.8) is 0 Å². The third kappa shape index (κ3) is 6.14. The summed E-state index contributed by atoms with van der Waals surface area (Å²) in [7, 11) is 0. The summed E-state index contributed by atoms with van der Waals surface area (Å²) in [6, 6.07) is 0.0146. The molecule has 1 aliphatic heterocycles. The average molecular weight is 274 g/mol. The molecule has 6 heteroatoms. The second kappa shape index (κ2) is 8.24. The maximum absolute atomic E-state index is 11.8. The lowest BCUT2D eigenvalue weighted by Gasteiger charge is -2.26. The Bertz CT molecular complexity index is 280. The summed E-state index contributed by atoms with van der Waals surface area (Å²) in [5.41, 5.74) is 0. The average Bonchev–Trinajstić information content (AvgIpc) is 2.37. The molecule has 5 nitrogen and oxygen atoms in total. The molecule has 1 unspecified atom stereocenters. The Morgan fingerprint density at radius 1 is 1.33 bits per heavy atom. The lowest BCUT2D eigenvalue weighted by atomic mass is 10.0. The molecule has 1 fully saturated rings. The molecule has 2 N–H and O–H groups in total. The van der Waals surface area contributed by atoms with Crippen LogP contribution in [-0.4, -0.2) is 53.1 Å². The summed E-state index contributed by atoms with van der Waals surface area (Å²) < 4.78 is 0. The van der Waals surface area contributed by atoms with Gasteiger partial charge in [-0.2, -0.15) is 11.8 Å². The number of carboxylic acid groups (broad SMARTS) is 1. The third-order valence-corrected chi connectivity index (χ3v) is 4.01. The van der Waals surface area contributed by atoms with Crippen molar-refractivity contribution in [2.45, 2.75) is 26.2 Å². The smallest absolute Gasteiger partial charge is 0.317 e. The van der Waals surface area contributed by atoms with E-state index >= 15 is 0 Å². The van der Waals surface area contributed by atoms with E-state index in [0.717, 1.165) is 31.0 Å². The van der Waals surface area contributed by atoms with Gasteiger partial charge in [0.1, 0.15) is 0 Å². The van der Waals surface area contributed by atoms with Crippen LogP contribution >= 0.6 is 11.8 Å². The SMILES string of the molecule is CC(CCNC(=O)N1CCSCC1)CCC(=O)O. The Balaban J connectivity index is 2.08. The van der Waals surface area contributed by atoms with Crippen LogP contribution in [0.3, 0.4) is 0 Å². The minimum absolute atomic E-state index is 0.0146. The molecular formula is C12H22N2O3S. The predicted octanol–water partition coefficient (Wildman–Crippen LogP) is 1.64. The van der Waals surface area contributed by atoms with Gasteiger partial charge in [0, 0.05) is 37.6 Å². The van der Waals surface area contributed by atoms with Gasteiger partial charge in [-0.25, -0.2) is 4.79 Å². The number of urea groups is 1. The van der Waals surface area contributed by atoms with E-state index in [4.69, 9.17) is 5.11 Å². The molecular weight excluding hydrogens is 252 g/mol. The van der Waals surface area contributed by atoms with Crippen molar-refractivity contribution < 1.29 is 14.7 Å². The number of amides is 2. The van der Waals surface area contributed by atoms with E-state index in [1.165, 1.54) is 0 Å². The number of nitrogens with zero attached hydrogens (tertiary/aromatic N) is 1. The number of hydrogen-bond acceptors (Lipinski definition) is 3. The highest BCUT2D eigenvalue weighted by atomic mass is 32.2. The maximum Gasteiger partial charge on any atom is 0.317 e. The lowest BCUT2D eigenvalue weighted by molar-refractivity contribution is -0.137. The van der Waals surface area contributed by atoms with Gasteiger partial charge in [-0.05, 0) is 18.8 Å². The van der Waals surface area contributed by atoms with E-state index < -0.39 is 5.97 Å². The Morgan fingerprint density at radius 2 is 2.00 bits per heavy atom. The van der Waals surface area contributed by atoms with Gasteiger partial charge in [0.25, 0.3) is 0 Å². The fourth-order valence-corrected chi connectivity index (χ4v) is 2.72. The Hall–Kier alpha value is -0.910. The molecule has 1 atom stereocenters. The number of carbonyl (C=O) groups excluding carboxylic acids is 1. The van der Waals surface area contributed by atoms with Crippen molar-refractivity contribution in [3.05, 3.63) is 0 Å². The van der Waals surface area contributed by atoms with Crippen molar-refractivity contribution in [2.24, 2.45) is 5.92 Å². The molecule has 0 aromatic rings. The van der Waals surface area contributed by atoms with Crippen LogP contribution in [0.15, 0.2) is 0 Å². The molecule has 0 aliphatic carbocycles. The molecule has 0 aromatic carbocycles. The summed E-state index contributed by atoms with van der Waals surface area (Å²) in [6.07, 6.45) is 1.71. The molecule has 1 saturated heterocycles. The number of nitrogens with one attached hydrogen (secondary N) is 1. The van der Waals surface area contributed by atoms with Crippen LogP contribution in [0.1, 0.15) is 26.2 Å². The molecule has 1 aliphatic rings. The first-order valence-electron chi connectivity index (χ1n) is 6.42. The van der Waals surface area contributed by atoms with Gasteiger partial charge in [0.05, 0.1) is 0 Å². The van der Waals surface area contributed by atoms with Gasteiger partial charge in [-0.3, -0.25) is 4.79 Å². The van der Waals surface area contributed by atoms with Crippen LogP contribution in [0.25, 0.3) is 0 Å². The zero-order valence-electron chi connectivity index (χ0n) is 10.9. The molecule has 0 spiro atoms. The second-order valence-electron chi connectivity index (χ2n) is 4.66. The fraction of sp³-hybridized carbons (Fsp3) is 0.833. The number of carboxylic acids is 1. The molecule has 104 valence electrons. The van der Waals surface area contributed by atoms with E-state index in [9.17, 15) is 9.59 Å². The van der Waals surface area contributed by atoms with Crippen LogP contribution in [0, 0.1) is 5.92 Å². The Labute approximate surface area is 112 Å². The zero-order chi connectivity index (χ0) is 13.4. The minimum atomic E-state index is -0.753. The van der Waals surface area contributed by atoms with E-state index in [2.05, 4.69) is 5.32 Å². The summed E-state index contributed by atoms with van der Waals surface area (Å²) in [5.74, 6) is 1.61. The third-order valence-electron chi connectivity index (χ3n) is 3.06. The largest absolute Gasteiger partial charge is 0.481 e. The van der Waals surface area contributed by atoms with Crippen molar-refractivity contribution >= 4 is 23.8 Å². The summed E-state index contributed by atoms with van der Waals surface area (Å²) in [4.78, 5) is 24.0. The minimum Gasteiger partial charge on any atom is -0.481 e. The van der Waals surface area contributed by atoms with Gasteiger partial charge in [-0.1, -0.05) is 6.92 Å². The van der Waals surface area contributed by atoms with Crippen LogP contribution in [0.2, 0.25) is 0 Å². The van der Waals surface area contributed by atoms with Crippen molar-refractivity contribution in [1.82, 2.24) is 10.2 Å². The normalized spacial score (nSPS) is 17.3. The first kappa shape index (κ1) is 15.1. The Kier molecular flexibility index (Phi) is 6.93. The fourth-order valence-electron chi connectivity index (χ4n) is 1.82. The van der Waals surface area contributed by atoms with Crippen LogP contribution in [0.4, 0.5) is 4.79 Å². The monoisotopic (exact) mass is 274 g/mol. The first-order valence-corrected chi connectivity index (χ1v) is 7.57. The molecule has 2 amide bonds. The van der Waals surface area contributed by atoms with Crippen LogP contribution in [0.5, 0.6) is 0 Å². The highest BCUT2D eigenvalue weighted by Crippen LogP contribution is 2.10. The molecule has 0 aromatic heterocycles. The number of carbonyl (C=O) groups is 2. The predicted molar refractivity (Wildman–Crippen MR) is 72.9 cm³/mol. The molecule has 0 radical (unpaired) electrons. The molecule has 1 heterocycles. The van der Waals surface area contributed by atoms with Crippen molar-refractivity contribution in [2.75, 3.05) is 31.1 Å². The summed E-state index contributed by atoms with van der Waals surface area (Å²) >= 11 is 1.88. The molecule has 0 saturated carbocycles. The Morgan fingerprint density at radius 3 is 2.61 bits per heavy atom. The number of rotatable bonds is 6. The molecule has 1 rings (SSSR count). The van der Waals surface area contributed by atoms with Gasteiger partial charge in [0.2, 0.25) is 0 Å². The van der Waals surface area contributed by atoms with Crippen molar-refractivity contribution in [1.29, 1.82) is 0 Å². The van der Waals surface area contributed by atoms with E-state index in [-0.39, 0.29) is 12.5 Å². The van der Waals surface area contributed by atoms with Gasteiger partial charge in [-0.15, -0.1) is 0 Å². The van der Waals surface area contributed by atoms with Gasteiger partial charge >= 0.3 is 12.0 Å². The van der Waals surface area contributed by atoms with Gasteiger partial charge < -0.3 is 15.3 Å².